The van der Waals surface area contributed by atoms with Gasteiger partial charge in [-0.25, -0.2) is 9.97 Å². The lowest BCUT2D eigenvalue weighted by molar-refractivity contribution is 0.0934. The summed E-state index contributed by atoms with van der Waals surface area (Å²) in [7, 11) is 0. The van der Waals surface area contributed by atoms with Crippen molar-refractivity contribution in [1.29, 1.82) is 0 Å². The first-order chi connectivity index (χ1) is 6.24. The molecule has 1 rings (SSSR count). The van der Waals surface area contributed by atoms with E-state index in [-0.39, 0.29) is 11.9 Å². The molecule has 0 saturated carbocycles. The van der Waals surface area contributed by atoms with Crippen LogP contribution in [0.3, 0.4) is 0 Å². The van der Waals surface area contributed by atoms with E-state index in [9.17, 15) is 4.79 Å². The van der Waals surface area contributed by atoms with Crippen molar-refractivity contribution >= 4 is 5.91 Å². The number of hydrogen-bond acceptors (Lipinski definition) is 3. The number of hydrogen-bond donors (Lipinski definition) is 1. The molecule has 1 N–H and O–H groups in total. The highest BCUT2D eigenvalue weighted by molar-refractivity contribution is 5.92. The molecular formula is C9H13N3O. The predicted molar refractivity (Wildman–Crippen MR) is 49.3 cm³/mol. The topological polar surface area (TPSA) is 54.9 Å². The average molecular weight is 179 g/mol. The van der Waals surface area contributed by atoms with Crippen LogP contribution in [-0.4, -0.2) is 21.9 Å². The Bertz CT molecular complexity index is 273. The van der Waals surface area contributed by atoms with E-state index in [1.165, 1.54) is 6.33 Å². The zero-order valence-corrected chi connectivity index (χ0v) is 7.82. The maximum atomic E-state index is 11.4. The Labute approximate surface area is 77.4 Å². The molecule has 1 atom stereocenters. The number of carbonyl (C=O) groups is 1. The second-order valence-corrected chi connectivity index (χ2v) is 2.88. The van der Waals surface area contributed by atoms with Crippen LogP contribution in [0.4, 0.5) is 0 Å². The largest absolute Gasteiger partial charge is 0.348 e. The van der Waals surface area contributed by atoms with E-state index in [2.05, 4.69) is 15.3 Å². The second kappa shape index (κ2) is 4.54. The summed E-state index contributed by atoms with van der Waals surface area (Å²) in [6.07, 6.45) is 3.83. The van der Waals surface area contributed by atoms with Crippen molar-refractivity contribution in [2.75, 3.05) is 0 Å². The molecule has 0 aliphatic carbocycles. The molecule has 1 aromatic rings. The number of nitrogens with one attached hydrogen (secondary N) is 1. The van der Waals surface area contributed by atoms with Crippen LogP contribution < -0.4 is 5.32 Å². The van der Waals surface area contributed by atoms with E-state index in [0.717, 1.165) is 6.42 Å². The Balaban J connectivity index is 2.59. The van der Waals surface area contributed by atoms with Gasteiger partial charge in [0, 0.05) is 12.2 Å². The predicted octanol–water partition coefficient (Wildman–Crippen LogP) is 1.00. The summed E-state index contributed by atoms with van der Waals surface area (Å²) < 4.78 is 0. The minimum atomic E-state index is -0.142. The van der Waals surface area contributed by atoms with Crippen molar-refractivity contribution in [1.82, 2.24) is 15.3 Å². The van der Waals surface area contributed by atoms with Gasteiger partial charge in [0.25, 0.3) is 5.91 Å². The molecule has 0 radical (unpaired) electrons. The number of carbonyl (C=O) groups excluding carboxylic acids is 1. The Morgan fingerprint density at radius 1 is 1.69 bits per heavy atom. The maximum absolute atomic E-state index is 11.4. The van der Waals surface area contributed by atoms with Gasteiger partial charge in [-0.3, -0.25) is 4.79 Å². The zero-order chi connectivity index (χ0) is 9.68. The second-order valence-electron chi connectivity index (χ2n) is 2.88. The van der Waals surface area contributed by atoms with Gasteiger partial charge >= 0.3 is 0 Å². The lowest BCUT2D eigenvalue weighted by Crippen LogP contribution is -2.32. The molecule has 4 heteroatoms. The lowest BCUT2D eigenvalue weighted by Gasteiger charge is -2.09. The molecule has 1 aromatic heterocycles. The van der Waals surface area contributed by atoms with Crippen molar-refractivity contribution in [2.45, 2.75) is 26.3 Å². The van der Waals surface area contributed by atoms with E-state index in [4.69, 9.17) is 0 Å². The molecule has 0 saturated heterocycles. The molecule has 0 fully saturated rings. The monoisotopic (exact) mass is 179 g/mol. The van der Waals surface area contributed by atoms with Gasteiger partial charge in [-0.2, -0.15) is 0 Å². The summed E-state index contributed by atoms with van der Waals surface area (Å²) in [5.41, 5.74) is 0.412. The van der Waals surface area contributed by atoms with Crippen LogP contribution in [0, 0.1) is 0 Å². The third-order valence-corrected chi connectivity index (χ3v) is 1.80. The molecule has 0 aliphatic heterocycles. The Hall–Kier alpha value is -1.45. The summed E-state index contributed by atoms with van der Waals surface area (Å²) in [5.74, 6) is -0.142. The first-order valence-electron chi connectivity index (χ1n) is 4.31. The highest BCUT2D eigenvalue weighted by atomic mass is 16.1. The fraction of sp³-hybridized carbons (Fsp3) is 0.444. The van der Waals surface area contributed by atoms with Crippen LogP contribution in [0.5, 0.6) is 0 Å². The fourth-order valence-electron chi connectivity index (χ4n) is 0.825. The lowest BCUT2D eigenvalue weighted by atomic mass is 10.2. The van der Waals surface area contributed by atoms with Crippen molar-refractivity contribution < 1.29 is 4.79 Å². The van der Waals surface area contributed by atoms with E-state index < -0.39 is 0 Å². The molecule has 1 unspecified atom stereocenters. The van der Waals surface area contributed by atoms with E-state index in [0.29, 0.717) is 5.69 Å². The summed E-state index contributed by atoms with van der Waals surface area (Å²) in [6, 6.07) is 1.78. The summed E-state index contributed by atoms with van der Waals surface area (Å²) >= 11 is 0. The normalized spacial score (nSPS) is 12.2. The minimum absolute atomic E-state index is 0.142. The van der Waals surface area contributed by atoms with Crippen molar-refractivity contribution in [2.24, 2.45) is 0 Å². The summed E-state index contributed by atoms with van der Waals surface area (Å²) in [5, 5.41) is 2.82. The molecule has 1 amide bonds. The Kier molecular flexibility index (Phi) is 3.37. The van der Waals surface area contributed by atoms with Gasteiger partial charge in [-0.15, -0.1) is 0 Å². The van der Waals surface area contributed by atoms with Gasteiger partial charge in [0.2, 0.25) is 0 Å². The average Bonchev–Trinajstić information content (AvgIpc) is 2.19. The smallest absolute Gasteiger partial charge is 0.270 e. The minimum Gasteiger partial charge on any atom is -0.348 e. The highest BCUT2D eigenvalue weighted by Crippen LogP contribution is 1.94. The number of rotatable bonds is 3. The number of aromatic nitrogens is 2. The third-order valence-electron chi connectivity index (χ3n) is 1.80. The highest BCUT2D eigenvalue weighted by Gasteiger charge is 2.08. The Morgan fingerprint density at radius 2 is 2.46 bits per heavy atom. The number of amides is 1. The third kappa shape index (κ3) is 2.82. The standard InChI is InChI=1S/C9H13N3O/c1-3-7(2)12-9(13)8-4-5-10-6-11-8/h4-7H,3H2,1-2H3,(H,12,13). The van der Waals surface area contributed by atoms with Gasteiger partial charge in [0.15, 0.2) is 0 Å². The van der Waals surface area contributed by atoms with Crippen molar-refractivity contribution in [3.05, 3.63) is 24.3 Å². The SMILES string of the molecule is CCC(C)NC(=O)c1ccncn1. The maximum Gasteiger partial charge on any atom is 0.270 e. The molecule has 0 aromatic carbocycles. The van der Waals surface area contributed by atoms with Crippen LogP contribution in [0.25, 0.3) is 0 Å². The summed E-state index contributed by atoms with van der Waals surface area (Å²) in [4.78, 5) is 19.0. The van der Waals surface area contributed by atoms with E-state index in [1.807, 2.05) is 13.8 Å². The van der Waals surface area contributed by atoms with E-state index in [1.54, 1.807) is 12.3 Å². The van der Waals surface area contributed by atoms with Crippen LogP contribution in [0.1, 0.15) is 30.8 Å². The zero-order valence-electron chi connectivity index (χ0n) is 7.82. The molecule has 1 heterocycles. The van der Waals surface area contributed by atoms with Gasteiger partial charge in [-0.05, 0) is 19.4 Å². The fourth-order valence-corrected chi connectivity index (χ4v) is 0.825. The molecular weight excluding hydrogens is 166 g/mol. The molecule has 13 heavy (non-hydrogen) atoms. The van der Waals surface area contributed by atoms with Gasteiger partial charge < -0.3 is 5.32 Å². The van der Waals surface area contributed by atoms with Crippen molar-refractivity contribution in [3.63, 3.8) is 0 Å². The quantitative estimate of drug-likeness (QED) is 0.753. The van der Waals surface area contributed by atoms with Crippen LogP contribution >= 0.6 is 0 Å². The van der Waals surface area contributed by atoms with Gasteiger partial charge in [0.05, 0.1) is 0 Å². The Morgan fingerprint density at radius 3 is 3.00 bits per heavy atom. The van der Waals surface area contributed by atoms with Gasteiger partial charge in [-0.1, -0.05) is 6.92 Å². The molecule has 0 aliphatic rings. The van der Waals surface area contributed by atoms with Crippen LogP contribution in [0.15, 0.2) is 18.6 Å². The number of nitrogens with zero attached hydrogens (tertiary/aromatic N) is 2. The first kappa shape index (κ1) is 9.64. The van der Waals surface area contributed by atoms with Gasteiger partial charge in [0.1, 0.15) is 12.0 Å². The first-order valence-corrected chi connectivity index (χ1v) is 4.31. The van der Waals surface area contributed by atoms with Crippen LogP contribution in [-0.2, 0) is 0 Å². The molecule has 70 valence electrons. The molecule has 4 nitrogen and oxygen atoms in total. The molecule has 0 bridgehead atoms. The van der Waals surface area contributed by atoms with E-state index >= 15 is 0 Å². The van der Waals surface area contributed by atoms with Crippen LogP contribution in [0.2, 0.25) is 0 Å². The summed E-state index contributed by atoms with van der Waals surface area (Å²) in [6.45, 7) is 3.98. The van der Waals surface area contributed by atoms with Crippen molar-refractivity contribution in [3.8, 4) is 0 Å². The molecule has 0 spiro atoms.